The first-order valence-corrected chi connectivity index (χ1v) is 3.04. The summed E-state index contributed by atoms with van der Waals surface area (Å²) in [4.78, 5) is 0. The van der Waals surface area contributed by atoms with Gasteiger partial charge in [-0.25, -0.2) is 0 Å². The lowest BCUT2D eigenvalue weighted by molar-refractivity contribution is 1.32. The molecule has 0 saturated carbocycles. The van der Waals surface area contributed by atoms with Crippen LogP contribution in [-0.2, 0) is 0 Å². The van der Waals surface area contributed by atoms with E-state index >= 15 is 0 Å². The van der Waals surface area contributed by atoms with E-state index in [0.29, 0.717) is 0 Å². The molecule has 0 aromatic heterocycles. The second kappa shape index (κ2) is 1.63. The Morgan fingerprint density at radius 3 is 3.00 bits per heavy atom. The van der Waals surface area contributed by atoms with Crippen molar-refractivity contribution in [1.29, 1.82) is 0 Å². The predicted octanol–water partition coefficient (Wildman–Crippen LogP) is 2.12. The Morgan fingerprint density at radius 1 is 1.22 bits per heavy atom. The van der Waals surface area contributed by atoms with Gasteiger partial charge in [-0.15, -0.1) is 11.5 Å². The molecule has 0 nitrogen and oxygen atoms in total. The molecule has 0 atom stereocenters. The molecular weight excluding hydrogens is 108 g/mol. The minimum absolute atomic E-state index is 1.03. The van der Waals surface area contributed by atoms with E-state index in [1.807, 2.05) is 12.2 Å². The van der Waals surface area contributed by atoms with Crippen LogP contribution < -0.4 is 0 Å². The average molecular weight is 114 g/mol. The maximum atomic E-state index is 3.16. The van der Waals surface area contributed by atoms with Crippen molar-refractivity contribution in [1.82, 2.24) is 0 Å². The monoisotopic (exact) mass is 114 g/mol. The number of hydrogen-bond acceptors (Lipinski definition) is 0. The molecule has 0 heteroatoms. The van der Waals surface area contributed by atoms with Crippen molar-refractivity contribution in [2.45, 2.75) is 6.42 Å². The quantitative estimate of drug-likeness (QED) is 0.423. The minimum Gasteiger partial charge on any atom is -0.115 e. The smallest absolute Gasteiger partial charge is 0.0274 e. The third kappa shape index (κ3) is 0.622. The Kier molecular flexibility index (Phi) is 0.841. The Bertz CT molecular complexity index is 288. The summed E-state index contributed by atoms with van der Waals surface area (Å²) < 4.78 is 0. The summed E-state index contributed by atoms with van der Waals surface area (Å²) in [5.41, 5.74) is 8.77. The van der Waals surface area contributed by atoms with Gasteiger partial charge in [-0.2, -0.15) is 0 Å². The lowest BCUT2D eigenvalue weighted by Gasteiger charge is -1.92. The van der Waals surface area contributed by atoms with E-state index in [2.05, 4.69) is 23.6 Å². The summed E-state index contributed by atoms with van der Waals surface area (Å²) in [6.07, 6.45) is 9.07. The summed E-state index contributed by atoms with van der Waals surface area (Å²) in [7, 11) is 0. The van der Waals surface area contributed by atoms with Gasteiger partial charge in [-0.3, -0.25) is 0 Å². The highest BCUT2D eigenvalue weighted by molar-refractivity contribution is 5.47. The van der Waals surface area contributed by atoms with E-state index < -0.39 is 0 Å². The first kappa shape index (κ1) is 4.64. The third-order valence-corrected chi connectivity index (χ3v) is 1.51. The van der Waals surface area contributed by atoms with Crippen molar-refractivity contribution in [3.05, 3.63) is 46.9 Å². The molecule has 0 radical (unpaired) electrons. The van der Waals surface area contributed by atoms with Crippen LogP contribution in [0.15, 0.2) is 46.9 Å². The molecular formula is C9H6. The van der Waals surface area contributed by atoms with Crippen LogP contribution >= 0.6 is 0 Å². The van der Waals surface area contributed by atoms with Crippen LogP contribution in [-0.4, -0.2) is 0 Å². The molecule has 2 aliphatic rings. The van der Waals surface area contributed by atoms with E-state index in [4.69, 9.17) is 0 Å². The number of hydrogen-bond donors (Lipinski definition) is 0. The third-order valence-electron chi connectivity index (χ3n) is 1.51. The fourth-order valence-corrected chi connectivity index (χ4v) is 1.05. The van der Waals surface area contributed by atoms with Crippen LogP contribution in [0.3, 0.4) is 0 Å². The zero-order valence-corrected chi connectivity index (χ0v) is 5.02. The Labute approximate surface area is 54.2 Å². The van der Waals surface area contributed by atoms with Gasteiger partial charge in [0.15, 0.2) is 0 Å². The van der Waals surface area contributed by atoms with E-state index in [1.54, 1.807) is 0 Å². The van der Waals surface area contributed by atoms with Crippen molar-refractivity contribution >= 4 is 0 Å². The van der Waals surface area contributed by atoms with Gasteiger partial charge in [0.25, 0.3) is 0 Å². The van der Waals surface area contributed by atoms with Crippen LogP contribution in [0.2, 0.25) is 0 Å². The number of allylic oxidation sites excluding steroid dienone is 4. The first-order valence-electron chi connectivity index (χ1n) is 3.04. The summed E-state index contributed by atoms with van der Waals surface area (Å²) in [6.45, 7) is 0. The Hall–Kier alpha value is -1.22. The maximum Gasteiger partial charge on any atom is 0.0274 e. The van der Waals surface area contributed by atoms with Crippen LogP contribution in [0.5, 0.6) is 0 Å². The summed E-state index contributed by atoms with van der Waals surface area (Å²) in [6, 6.07) is 0. The summed E-state index contributed by atoms with van der Waals surface area (Å²) in [5.74, 6) is 0. The molecule has 0 aromatic rings. The second-order valence-electron chi connectivity index (χ2n) is 2.12. The summed E-state index contributed by atoms with van der Waals surface area (Å²) in [5, 5.41) is 0. The van der Waals surface area contributed by atoms with Crippen molar-refractivity contribution in [2.75, 3.05) is 0 Å². The molecule has 0 N–H and O–H groups in total. The molecule has 0 spiro atoms. The van der Waals surface area contributed by atoms with Crippen LogP contribution in [0.4, 0.5) is 0 Å². The zero-order valence-electron chi connectivity index (χ0n) is 5.02. The van der Waals surface area contributed by atoms with Gasteiger partial charge >= 0.3 is 0 Å². The highest BCUT2D eigenvalue weighted by atomic mass is 14.1. The SMILES string of the molecule is C1=CC=C=C2CC=CC=12. The van der Waals surface area contributed by atoms with Gasteiger partial charge in [0.2, 0.25) is 0 Å². The van der Waals surface area contributed by atoms with Crippen molar-refractivity contribution in [3.8, 4) is 0 Å². The molecule has 0 amide bonds. The van der Waals surface area contributed by atoms with Gasteiger partial charge in [-0.05, 0) is 24.6 Å². The molecule has 9 heavy (non-hydrogen) atoms. The number of fused-ring (bicyclic) bond motifs is 1. The van der Waals surface area contributed by atoms with Crippen molar-refractivity contribution in [3.63, 3.8) is 0 Å². The highest BCUT2D eigenvalue weighted by Crippen LogP contribution is 2.22. The van der Waals surface area contributed by atoms with Gasteiger partial charge in [0, 0.05) is 11.1 Å². The zero-order chi connectivity index (χ0) is 6.10. The Morgan fingerprint density at radius 2 is 2.11 bits per heavy atom. The van der Waals surface area contributed by atoms with E-state index in [1.165, 1.54) is 11.1 Å². The second-order valence-corrected chi connectivity index (χ2v) is 2.12. The molecule has 2 aliphatic carbocycles. The highest BCUT2D eigenvalue weighted by Gasteiger charge is 2.05. The van der Waals surface area contributed by atoms with E-state index in [0.717, 1.165) is 6.42 Å². The normalized spacial score (nSPS) is 19.6. The van der Waals surface area contributed by atoms with Gasteiger partial charge in [0.1, 0.15) is 0 Å². The topological polar surface area (TPSA) is 0 Å². The van der Waals surface area contributed by atoms with Crippen LogP contribution in [0, 0.1) is 0 Å². The lowest BCUT2D eigenvalue weighted by atomic mass is 10.1. The Balaban J connectivity index is 2.64. The lowest BCUT2D eigenvalue weighted by Crippen LogP contribution is -1.75. The minimum atomic E-state index is 1.03. The van der Waals surface area contributed by atoms with Crippen LogP contribution in [0.25, 0.3) is 0 Å². The van der Waals surface area contributed by atoms with Gasteiger partial charge in [0.05, 0.1) is 0 Å². The first-order chi connectivity index (χ1) is 4.47. The van der Waals surface area contributed by atoms with Crippen molar-refractivity contribution < 1.29 is 0 Å². The number of rotatable bonds is 0. The fraction of sp³-hybridized carbons (Fsp3) is 0.111. The maximum absolute atomic E-state index is 3.16. The molecule has 0 saturated heterocycles. The summed E-state index contributed by atoms with van der Waals surface area (Å²) >= 11 is 0. The molecule has 42 valence electrons. The molecule has 0 aromatic carbocycles. The molecule has 0 aliphatic heterocycles. The van der Waals surface area contributed by atoms with Crippen LogP contribution in [0.1, 0.15) is 6.42 Å². The molecule has 0 bridgehead atoms. The van der Waals surface area contributed by atoms with Gasteiger partial charge < -0.3 is 0 Å². The molecule has 0 heterocycles. The standard InChI is InChI=1S/C9H6/c1-2-5-9-7-3-6-8(9)4-1/h1-3,6H,7H2. The van der Waals surface area contributed by atoms with Gasteiger partial charge in [-0.1, -0.05) is 6.08 Å². The predicted molar refractivity (Wildman–Crippen MR) is 36.9 cm³/mol. The largest absolute Gasteiger partial charge is 0.115 e. The molecule has 2 rings (SSSR count). The van der Waals surface area contributed by atoms with E-state index in [-0.39, 0.29) is 0 Å². The molecule has 0 fully saturated rings. The fourth-order valence-electron chi connectivity index (χ4n) is 1.05. The average Bonchev–Trinajstić information content (AvgIpc) is 2.33. The molecule has 0 unspecified atom stereocenters. The van der Waals surface area contributed by atoms with Crippen molar-refractivity contribution in [2.24, 2.45) is 0 Å². The van der Waals surface area contributed by atoms with E-state index in [9.17, 15) is 0 Å².